The van der Waals surface area contributed by atoms with E-state index >= 15 is 4.79 Å². The van der Waals surface area contributed by atoms with Gasteiger partial charge >= 0.3 is 0 Å². The Morgan fingerprint density at radius 2 is 1.34 bits per heavy atom. The van der Waals surface area contributed by atoms with E-state index in [0.29, 0.717) is 0 Å². The third-order valence-corrected chi connectivity index (χ3v) is 10.0. The number of anilines is 2. The highest BCUT2D eigenvalue weighted by atomic mass is 16.2. The van der Waals surface area contributed by atoms with Gasteiger partial charge < -0.3 is 9.80 Å². The molecule has 2 aliphatic heterocycles. The molecule has 2 heterocycles. The number of carbonyl (C=O) groups is 1. The van der Waals surface area contributed by atoms with Crippen molar-refractivity contribution in [2.45, 2.75) is 43.1 Å². The topological polar surface area (TPSA) is 23.6 Å². The first-order valence-corrected chi connectivity index (χ1v) is 14.0. The van der Waals surface area contributed by atoms with Gasteiger partial charge in [0.15, 0.2) is 0 Å². The van der Waals surface area contributed by atoms with Crippen LogP contribution in [0.1, 0.15) is 59.9 Å². The summed E-state index contributed by atoms with van der Waals surface area (Å²) in [5.74, 6) is 0.380. The summed E-state index contributed by atoms with van der Waals surface area (Å²) < 4.78 is 0. The van der Waals surface area contributed by atoms with Crippen molar-refractivity contribution in [1.29, 1.82) is 0 Å². The van der Waals surface area contributed by atoms with Gasteiger partial charge in [0.2, 0.25) is 5.91 Å². The molecule has 4 aromatic carbocycles. The van der Waals surface area contributed by atoms with E-state index in [1.807, 2.05) is 0 Å². The van der Waals surface area contributed by atoms with Crippen molar-refractivity contribution >= 4 is 17.3 Å². The van der Waals surface area contributed by atoms with Crippen LogP contribution in [0.5, 0.6) is 0 Å². The Bertz CT molecular complexity index is 1550. The van der Waals surface area contributed by atoms with Gasteiger partial charge in [-0.2, -0.15) is 0 Å². The minimum atomic E-state index is -0.365. The minimum Gasteiger partial charge on any atom is -0.368 e. The highest BCUT2D eigenvalue weighted by Gasteiger charge is 2.68. The summed E-state index contributed by atoms with van der Waals surface area (Å²) in [6.45, 7) is 6.32. The van der Waals surface area contributed by atoms with Crippen molar-refractivity contribution in [2.75, 3.05) is 22.9 Å². The fourth-order valence-electron chi connectivity index (χ4n) is 8.93. The zero-order valence-corrected chi connectivity index (χ0v) is 22.0. The Hall–Kier alpha value is -3.85. The summed E-state index contributed by atoms with van der Waals surface area (Å²) in [5, 5.41) is 0. The number of hydrogen-bond acceptors (Lipinski definition) is 2. The van der Waals surface area contributed by atoms with E-state index in [4.69, 9.17) is 0 Å². The lowest BCUT2D eigenvalue weighted by atomic mass is 9.42. The largest absolute Gasteiger partial charge is 0.368 e. The maximum atomic E-state index is 15.3. The number of carbonyl (C=O) groups excluding carboxylic acids is 1. The number of fused-ring (bicyclic) bond motifs is 3. The van der Waals surface area contributed by atoms with Crippen LogP contribution in [0.2, 0.25) is 0 Å². The third kappa shape index (κ3) is 2.57. The molecule has 3 atom stereocenters. The van der Waals surface area contributed by atoms with Crippen molar-refractivity contribution in [3.63, 3.8) is 0 Å². The van der Waals surface area contributed by atoms with Crippen LogP contribution >= 0.6 is 0 Å². The Balaban J connectivity index is 1.46. The smallest absolute Gasteiger partial charge is 0.232 e. The van der Waals surface area contributed by atoms with E-state index in [9.17, 15) is 0 Å². The highest BCUT2D eigenvalue weighted by molar-refractivity contribution is 6.04. The molecule has 2 bridgehead atoms. The monoisotopic (exact) mass is 496 g/mol. The zero-order chi connectivity index (χ0) is 25.6. The number of nitrogens with zero attached hydrogens (tertiary/aromatic N) is 2. The summed E-state index contributed by atoms with van der Waals surface area (Å²) in [4.78, 5) is 19.9. The molecule has 0 aromatic heterocycles. The predicted octanol–water partition coefficient (Wildman–Crippen LogP) is 6.87. The number of rotatable bonds is 2. The van der Waals surface area contributed by atoms with E-state index < -0.39 is 0 Å². The summed E-state index contributed by atoms with van der Waals surface area (Å²) in [7, 11) is 0. The zero-order valence-electron chi connectivity index (χ0n) is 22.0. The molecule has 3 aliphatic carbocycles. The van der Waals surface area contributed by atoms with E-state index in [1.165, 1.54) is 33.5 Å². The maximum absolute atomic E-state index is 15.3. The fraction of sp³-hybridized carbons (Fsp3) is 0.286. The van der Waals surface area contributed by atoms with Gasteiger partial charge in [0, 0.05) is 30.3 Å². The molecule has 0 N–H and O–H groups in total. The first-order valence-electron chi connectivity index (χ1n) is 14.0. The molecule has 0 unspecified atom stereocenters. The Morgan fingerprint density at radius 1 is 0.763 bits per heavy atom. The molecule has 188 valence electrons. The number of para-hydroxylation sites is 2. The highest BCUT2D eigenvalue weighted by Crippen LogP contribution is 2.69. The van der Waals surface area contributed by atoms with Crippen molar-refractivity contribution in [1.82, 2.24) is 0 Å². The lowest BCUT2D eigenvalue weighted by molar-refractivity contribution is -0.131. The second kappa shape index (κ2) is 7.60. The van der Waals surface area contributed by atoms with Crippen LogP contribution in [-0.2, 0) is 10.2 Å². The number of hydrogen-bond donors (Lipinski definition) is 0. The number of benzene rings is 4. The molecule has 4 aromatic rings. The van der Waals surface area contributed by atoms with Gasteiger partial charge in [-0.25, -0.2) is 0 Å². The van der Waals surface area contributed by atoms with Gasteiger partial charge in [0.05, 0.1) is 22.8 Å². The van der Waals surface area contributed by atoms with Gasteiger partial charge in [-0.1, -0.05) is 91.0 Å². The van der Waals surface area contributed by atoms with Crippen LogP contribution in [0.25, 0.3) is 0 Å². The van der Waals surface area contributed by atoms with E-state index in [-0.39, 0.29) is 34.6 Å². The molecular weight excluding hydrogens is 464 g/mol. The van der Waals surface area contributed by atoms with Gasteiger partial charge in [0.1, 0.15) is 0 Å². The Labute approximate surface area is 224 Å². The molecule has 1 fully saturated rings. The van der Waals surface area contributed by atoms with Crippen LogP contribution in [0.15, 0.2) is 103 Å². The Kier molecular flexibility index (Phi) is 4.43. The summed E-state index contributed by atoms with van der Waals surface area (Å²) >= 11 is 0. The van der Waals surface area contributed by atoms with Crippen LogP contribution in [0, 0.1) is 5.92 Å². The lowest BCUT2D eigenvalue weighted by Crippen LogP contribution is -2.72. The normalized spacial score (nSPS) is 30.2. The van der Waals surface area contributed by atoms with E-state index in [1.54, 1.807) is 0 Å². The van der Waals surface area contributed by atoms with Crippen molar-refractivity contribution in [3.05, 3.63) is 131 Å². The molecule has 0 saturated carbocycles. The van der Waals surface area contributed by atoms with Gasteiger partial charge in [-0.05, 0) is 60.2 Å². The molecule has 1 saturated heterocycles. The molecular formula is C35H32N2O. The van der Waals surface area contributed by atoms with Crippen LogP contribution in [0.3, 0.4) is 0 Å². The quantitative estimate of drug-likeness (QED) is 0.302. The molecule has 5 aliphatic rings. The molecule has 3 nitrogen and oxygen atoms in total. The van der Waals surface area contributed by atoms with Crippen LogP contribution < -0.4 is 9.80 Å². The molecule has 1 amide bonds. The third-order valence-electron chi connectivity index (χ3n) is 10.0. The van der Waals surface area contributed by atoms with E-state index in [0.717, 1.165) is 25.2 Å². The predicted molar refractivity (Wildman–Crippen MR) is 153 cm³/mol. The summed E-state index contributed by atoms with van der Waals surface area (Å²) in [6.07, 6.45) is 0.908. The number of amides is 1. The molecule has 38 heavy (non-hydrogen) atoms. The van der Waals surface area contributed by atoms with Crippen molar-refractivity contribution in [2.24, 2.45) is 5.92 Å². The van der Waals surface area contributed by atoms with Crippen LogP contribution in [0.4, 0.5) is 11.4 Å². The average Bonchev–Trinajstić information content (AvgIpc) is 2.96. The SMILES string of the molecule is CCN1C[C@@]2(C)CC34c5ccccc5C(c5ccccc53)[C@H](c3ccccc3)[C@H]4C(=O)N2c2ccccc21. The van der Waals surface area contributed by atoms with Crippen molar-refractivity contribution < 1.29 is 4.79 Å². The number of piperidine rings is 1. The average molecular weight is 497 g/mol. The second-order valence-electron chi connectivity index (χ2n) is 11.9. The summed E-state index contributed by atoms with van der Waals surface area (Å²) in [6, 6.07) is 37.4. The van der Waals surface area contributed by atoms with Gasteiger partial charge in [-0.3, -0.25) is 4.79 Å². The first-order chi connectivity index (χ1) is 18.6. The fourth-order valence-corrected chi connectivity index (χ4v) is 8.93. The minimum absolute atomic E-state index is 0.0921. The maximum Gasteiger partial charge on any atom is 0.232 e. The standard InChI is InChI=1S/C35H32N2O/c1-3-36-22-34(2)21-35-26-17-9-7-15-24(26)31(25-16-8-10-18-27(25)35)30(23-13-5-4-6-14-23)32(35)33(38)37(34)29-20-12-11-19-28(29)36/h4-20,30-32H,3,21-22H2,1-2H3/t30-,31?,32-,34+,35?/m0/s1. The van der Waals surface area contributed by atoms with Crippen LogP contribution in [-0.4, -0.2) is 24.5 Å². The molecule has 9 rings (SSSR count). The second-order valence-corrected chi connectivity index (χ2v) is 11.9. The molecule has 0 radical (unpaired) electrons. The lowest BCUT2D eigenvalue weighted by Gasteiger charge is -2.66. The molecule has 1 spiro atoms. The Morgan fingerprint density at radius 3 is 2.00 bits per heavy atom. The van der Waals surface area contributed by atoms with E-state index in [2.05, 4.69) is 127 Å². The van der Waals surface area contributed by atoms with Gasteiger partial charge in [-0.15, -0.1) is 0 Å². The number of likely N-dealkylation sites (N-methyl/N-ethyl adjacent to an activating group) is 1. The molecule has 3 heteroatoms. The van der Waals surface area contributed by atoms with Gasteiger partial charge in [0.25, 0.3) is 0 Å². The summed E-state index contributed by atoms with van der Waals surface area (Å²) in [5.41, 5.74) is 8.38. The van der Waals surface area contributed by atoms with Crippen molar-refractivity contribution in [3.8, 4) is 0 Å². The first kappa shape index (κ1) is 22.2.